The van der Waals surface area contributed by atoms with Crippen LogP contribution in [0.1, 0.15) is 52.4 Å². The third-order valence-corrected chi connectivity index (χ3v) is 6.14. The molecule has 1 rings (SSSR count). The van der Waals surface area contributed by atoms with Crippen LogP contribution in [-0.2, 0) is 10.2 Å². The van der Waals surface area contributed by atoms with Gasteiger partial charge in [0.05, 0.1) is 0 Å². The van der Waals surface area contributed by atoms with Crippen LogP contribution >= 0.6 is 0 Å². The lowest BCUT2D eigenvalue weighted by molar-refractivity contribution is 0.234. The second-order valence-electron chi connectivity index (χ2n) is 5.14. The molecule has 0 aromatic heterocycles. The third-order valence-electron chi connectivity index (χ3n) is 3.89. The fraction of sp³-hybridized carbons (Fsp3) is 1.00. The fourth-order valence-corrected chi connectivity index (χ4v) is 4.70. The molecule has 0 atom stereocenters. The van der Waals surface area contributed by atoms with Gasteiger partial charge in [-0.25, -0.2) is 0 Å². The number of nitrogens with zero attached hydrogens (tertiary/aromatic N) is 2. The first-order valence-corrected chi connectivity index (χ1v) is 8.94. The van der Waals surface area contributed by atoms with Gasteiger partial charge in [0.25, 0.3) is 10.2 Å². The lowest BCUT2D eigenvalue weighted by atomic mass is 9.95. The van der Waals surface area contributed by atoms with Gasteiger partial charge in [-0.05, 0) is 25.8 Å². The van der Waals surface area contributed by atoms with Crippen molar-refractivity contribution < 1.29 is 8.42 Å². The molecule has 1 aliphatic carbocycles. The molecule has 0 amide bonds. The summed E-state index contributed by atoms with van der Waals surface area (Å²) in [6.45, 7) is 5.94. The van der Waals surface area contributed by atoms with Crippen LogP contribution in [0.4, 0.5) is 0 Å². The summed E-state index contributed by atoms with van der Waals surface area (Å²) >= 11 is 0. The predicted molar refractivity (Wildman–Crippen MR) is 79.1 cm³/mol. The van der Waals surface area contributed by atoms with E-state index in [1.165, 1.54) is 6.42 Å². The van der Waals surface area contributed by atoms with Gasteiger partial charge in [0.2, 0.25) is 0 Å². The van der Waals surface area contributed by atoms with E-state index in [4.69, 9.17) is 5.73 Å². The number of hydrogen-bond donors (Lipinski definition) is 1. The van der Waals surface area contributed by atoms with E-state index in [0.717, 1.165) is 32.1 Å². The molecule has 0 radical (unpaired) electrons. The topological polar surface area (TPSA) is 66.6 Å². The van der Waals surface area contributed by atoms with Crippen molar-refractivity contribution in [1.29, 1.82) is 0 Å². The average Bonchev–Trinajstić information content (AvgIpc) is 2.41. The highest BCUT2D eigenvalue weighted by atomic mass is 32.2. The number of nitrogens with two attached hydrogens (primary N) is 1. The molecular formula is C13H29N3O2S. The summed E-state index contributed by atoms with van der Waals surface area (Å²) in [6.07, 6.45) is 6.22. The first-order valence-electron chi connectivity index (χ1n) is 7.54. The molecule has 5 nitrogen and oxygen atoms in total. The Labute approximate surface area is 118 Å². The van der Waals surface area contributed by atoms with E-state index in [-0.39, 0.29) is 6.04 Å². The van der Waals surface area contributed by atoms with Crippen molar-refractivity contribution in [2.45, 2.75) is 58.4 Å². The highest BCUT2D eigenvalue weighted by molar-refractivity contribution is 7.86. The van der Waals surface area contributed by atoms with Gasteiger partial charge in [0, 0.05) is 25.7 Å². The minimum absolute atomic E-state index is 0.172. The highest BCUT2D eigenvalue weighted by Gasteiger charge is 2.33. The van der Waals surface area contributed by atoms with Crippen molar-refractivity contribution in [3.05, 3.63) is 0 Å². The summed E-state index contributed by atoms with van der Waals surface area (Å²) in [5.41, 5.74) is 5.56. The van der Waals surface area contributed by atoms with Crippen LogP contribution in [0.3, 0.4) is 0 Å². The highest BCUT2D eigenvalue weighted by Crippen LogP contribution is 2.26. The molecular weight excluding hydrogens is 262 g/mol. The summed E-state index contributed by atoms with van der Waals surface area (Å²) < 4.78 is 28.7. The predicted octanol–water partition coefficient (Wildman–Crippen LogP) is 1.56. The van der Waals surface area contributed by atoms with Gasteiger partial charge >= 0.3 is 0 Å². The van der Waals surface area contributed by atoms with Crippen LogP contribution in [0.2, 0.25) is 0 Å². The standard InChI is InChI=1S/C13H29N3O2S/c1-3-15(4-2)19(17,18)16(12-8-11-14)13-9-6-5-7-10-13/h13H,3-12,14H2,1-2H3. The van der Waals surface area contributed by atoms with Crippen molar-refractivity contribution >= 4 is 10.2 Å². The molecule has 0 bridgehead atoms. The maximum atomic E-state index is 12.7. The van der Waals surface area contributed by atoms with Crippen molar-refractivity contribution in [3.8, 4) is 0 Å². The fourth-order valence-electron chi connectivity index (χ4n) is 2.80. The van der Waals surface area contributed by atoms with Crippen LogP contribution in [0.25, 0.3) is 0 Å². The van der Waals surface area contributed by atoms with Crippen LogP contribution in [0, 0.1) is 0 Å². The average molecular weight is 291 g/mol. The Morgan fingerprint density at radius 3 is 2.16 bits per heavy atom. The molecule has 1 aliphatic rings. The molecule has 0 aromatic rings. The van der Waals surface area contributed by atoms with Crippen LogP contribution < -0.4 is 5.73 Å². The van der Waals surface area contributed by atoms with Gasteiger partial charge in [0.15, 0.2) is 0 Å². The lowest BCUT2D eigenvalue weighted by Crippen LogP contribution is -2.49. The van der Waals surface area contributed by atoms with E-state index in [1.807, 2.05) is 13.8 Å². The van der Waals surface area contributed by atoms with E-state index in [0.29, 0.717) is 26.2 Å². The van der Waals surface area contributed by atoms with Crippen LogP contribution in [0.5, 0.6) is 0 Å². The zero-order valence-electron chi connectivity index (χ0n) is 12.3. The molecule has 1 fully saturated rings. The number of rotatable bonds is 8. The molecule has 0 aliphatic heterocycles. The normalized spacial score (nSPS) is 18.4. The van der Waals surface area contributed by atoms with Crippen molar-refractivity contribution in [2.24, 2.45) is 5.73 Å². The first-order chi connectivity index (χ1) is 9.07. The smallest absolute Gasteiger partial charge is 0.282 e. The minimum atomic E-state index is -3.32. The molecule has 114 valence electrons. The molecule has 2 N–H and O–H groups in total. The van der Waals surface area contributed by atoms with Crippen molar-refractivity contribution in [2.75, 3.05) is 26.2 Å². The zero-order valence-corrected chi connectivity index (χ0v) is 13.2. The van der Waals surface area contributed by atoms with Gasteiger partial charge in [-0.3, -0.25) is 0 Å². The minimum Gasteiger partial charge on any atom is -0.330 e. The van der Waals surface area contributed by atoms with E-state index in [1.54, 1.807) is 8.61 Å². The molecule has 0 heterocycles. The molecule has 0 unspecified atom stereocenters. The first kappa shape index (κ1) is 16.9. The second kappa shape index (κ2) is 8.19. The van der Waals surface area contributed by atoms with E-state index < -0.39 is 10.2 Å². The van der Waals surface area contributed by atoms with E-state index in [9.17, 15) is 8.42 Å². The Bertz CT molecular complexity index is 336. The Kier molecular flexibility index (Phi) is 7.28. The van der Waals surface area contributed by atoms with Crippen molar-refractivity contribution in [1.82, 2.24) is 8.61 Å². The Hall–Kier alpha value is -0.170. The number of hydrogen-bond acceptors (Lipinski definition) is 3. The monoisotopic (exact) mass is 291 g/mol. The molecule has 6 heteroatoms. The van der Waals surface area contributed by atoms with Crippen molar-refractivity contribution in [3.63, 3.8) is 0 Å². The van der Waals surface area contributed by atoms with Gasteiger partial charge in [0.1, 0.15) is 0 Å². The van der Waals surface area contributed by atoms with Crippen LogP contribution in [-0.4, -0.2) is 49.2 Å². The Morgan fingerprint density at radius 1 is 1.11 bits per heavy atom. The van der Waals surface area contributed by atoms with Gasteiger partial charge in [-0.1, -0.05) is 33.1 Å². The maximum absolute atomic E-state index is 12.7. The molecule has 0 saturated heterocycles. The van der Waals surface area contributed by atoms with Crippen LogP contribution in [0.15, 0.2) is 0 Å². The Morgan fingerprint density at radius 2 is 1.68 bits per heavy atom. The van der Waals surface area contributed by atoms with Gasteiger partial charge in [-0.2, -0.15) is 17.0 Å². The summed E-state index contributed by atoms with van der Waals surface area (Å²) in [5.74, 6) is 0. The molecule has 0 spiro atoms. The van der Waals surface area contributed by atoms with E-state index >= 15 is 0 Å². The third kappa shape index (κ3) is 4.41. The Balaban J connectivity index is 2.87. The second-order valence-corrected chi connectivity index (χ2v) is 7.02. The summed E-state index contributed by atoms with van der Waals surface area (Å²) in [6, 6.07) is 0.172. The summed E-state index contributed by atoms with van der Waals surface area (Å²) in [4.78, 5) is 0. The maximum Gasteiger partial charge on any atom is 0.282 e. The van der Waals surface area contributed by atoms with Gasteiger partial charge < -0.3 is 5.73 Å². The zero-order chi connectivity index (χ0) is 14.3. The summed E-state index contributed by atoms with van der Waals surface area (Å²) in [7, 11) is -3.32. The largest absolute Gasteiger partial charge is 0.330 e. The quantitative estimate of drug-likeness (QED) is 0.738. The molecule has 1 saturated carbocycles. The van der Waals surface area contributed by atoms with Gasteiger partial charge in [-0.15, -0.1) is 0 Å². The van der Waals surface area contributed by atoms with E-state index in [2.05, 4.69) is 0 Å². The summed E-state index contributed by atoms with van der Waals surface area (Å²) in [5, 5.41) is 0. The SMILES string of the molecule is CCN(CC)S(=O)(=O)N(CCCN)C1CCCCC1. The molecule has 19 heavy (non-hydrogen) atoms. The lowest BCUT2D eigenvalue weighted by Gasteiger charge is -2.36. The molecule has 0 aromatic carbocycles.